The van der Waals surface area contributed by atoms with Crippen LogP contribution >= 0.6 is 0 Å². The van der Waals surface area contributed by atoms with Crippen LogP contribution in [0, 0.1) is 6.92 Å². The highest BCUT2D eigenvalue weighted by molar-refractivity contribution is 5.99. The molecular weight excluding hydrogens is 292 g/mol. The van der Waals surface area contributed by atoms with E-state index in [0.29, 0.717) is 17.0 Å². The van der Waals surface area contributed by atoms with Crippen molar-refractivity contribution in [2.75, 3.05) is 11.9 Å². The summed E-state index contributed by atoms with van der Waals surface area (Å²) in [6.07, 6.45) is 0. The van der Waals surface area contributed by atoms with E-state index < -0.39 is 0 Å². The van der Waals surface area contributed by atoms with Gasteiger partial charge < -0.3 is 15.4 Å². The van der Waals surface area contributed by atoms with Gasteiger partial charge in [-0.05, 0) is 43.2 Å². The summed E-state index contributed by atoms with van der Waals surface area (Å²) in [4.78, 5) is 23.7. The molecule has 0 radical (unpaired) electrons. The van der Waals surface area contributed by atoms with Crippen LogP contribution in [0.1, 0.15) is 34.5 Å². The van der Waals surface area contributed by atoms with Gasteiger partial charge in [-0.2, -0.15) is 0 Å². The summed E-state index contributed by atoms with van der Waals surface area (Å²) in [5.74, 6) is 0.146. The van der Waals surface area contributed by atoms with Crippen LogP contribution in [0.25, 0.3) is 0 Å². The van der Waals surface area contributed by atoms with Crippen LogP contribution in [0.15, 0.2) is 42.5 Å². The van der Waals surface area contributed by atoms with E-state index in [-0.39, 0.29) is 24.5 Å². The Kier molecular flexibility index (Phi) is 4.02. The fourth-order valence-corrected chi connectivity index (χ4v) is 2.65. The van der Waals surface area contributed by atoms with Crippen molar-refractivity contribution < 1.29 is 14.3 Å². The lowest BCUT2D eigenvalue weighted by Crippen LogP contribution is -2.28. The van der Waals surface area contributed by atoms with E-state index in [4.69, 9.17) is 4.74 Å². The van der Waals surface area contributed by atoms with E-state index in [9.17, 15) is 9.59 Å². The summed E-state index contributed by atoms with van der Waals surface area (Å²) in [6.45, 7) is 3.94. The maximum absolute atomic E-state index is 12.4. The Bertz CT molecular complexity index is 771. The minimum atomic E-state index is -0.192. The second kappa shape index (κ2) is 6.12. The summed E-state index contributed by atoms with van der Waals surface area (Å²) in [5.41, 5.74) is 3.31. The first-order valence-corrected chi connectivity index (χ1v) is 7.47. The van der Waals surface area contributed by atoms with Crippen molar-refractivity contribution in [1.82, 2.24) is 5.32 Å². The van der Waals surface area contributed by atoms with E-state index in [1.165, 1.54) is 0 Å². The van der Waals surface area contributed by atoms with Gasteiger partial charge in [0.25, 0.3) is 11.8 Å². The lowest BCUT2D eigenvalue weighted by molar-refractivity contribution is -0.118. The Hall–Kier alpha value is -2.82. The second-order valence-corrected chi connectivity index (χ2v) is 5.60. The summed E-state index contributed by atoms with van der Waals surface area (Å²) >= 11 is 0. The van der Waals surface area contributed by atoms with Crippen LogP contribution in [-0.2, 0) is 4.79 Å². The molecule has 118 valence electrons. The van der Waals surface area contributed by atoms with Crippen LogP contribution in [-0.4, -0.2) is 18.4 Å². The molecule has 0 unspecified atom stereocenters. The molecular formula is C18H18N2O3. The molecule has 0 fully saturated rings. The molecule has 23 heavy (non-hydrogen) atoms. The number of hydrogen-bond acceptors (Lipinski definition) is 3. The third kappa shape index (κ3) is 3.18. The molecule has 1 atom stereocenters. The zero-order chi connectivity index (χ0) is 16.4. The Balaban J connectivity index is 1.76. The average Bonchev–Trinajstić information content (AvgIpc) is 2.54. The Morgan fingerprint density at radius 3 is 2.83 bits per heavy atom. The molecule has 3 rings (SSSR count). The van der Waals surface area contributed by atoms with Crippen molar-refractivity contribution in [1.29, 1.82) is 0 Å². The molecule has 0 spiro atoms. The number of benzene rings is 2. The molecule has 0 bridgehead atoms. The molecule has 0 saturated heterocycles. The SMILES string of the molecule is Cc1ccccc1[C@@H](C)NC(=O)c1ccc2c(c1)OCC(=O)N2. The van der Waals surface area contributed by atoms with Crippen LogP contribution in [0.2, 0.25) is 0 Å². The van der Waals surface area contributed by atoms with Gasteiger partial charge in [0.2, 0.25) is 0 Å². The first kappa shape index (κ1) is 15.1. The first-order chi connectivity index (χ1) is 11.0. The summed E-state index contributed by atoms with van der Waals surface area (Å²) in [7, 11) is 0. The highest BCUT2D eigenvalue weighted by atomic mass is 16.5. The molecule has 1 aliphatic rings. The fourth-order valence-electron chi connectivity index (χ4n) is 2.65. The van der Waals surface area contributed by atoms with Gasteiger partial charge in [-0.3, -0.25) is 9.59 Å². The van der Waals surface area contributed by atoms with Crippen LogP contribution < -0.4 is 15.4 Å². The molecule has 2 aromatic rings. The van der Waals surface area contributed by atoms with Crippen molar-refractivity contribution in [2.24, 2.45) is 0 Å². The smallest absolute Gasteiger partial charge is 0.262 e. The molecule has 2 aromatic carbocycles. The molecule has 0 aliphatic carbocycles. The molecule has 0 aromatic heterocycles. The lowest BCUT2D eigenvalue weighted by atomic mass is 10.0. The predicted molar refractivity (Wildman–Crippen MR) is 87.6 cm³/mol. The van der Waals surface area contributed by atoms with Gasteiger partial charge in [-0.1, -0.05) is 24.3 Å². The minimum Gasteiger partial charge on any atom is -0.482 e. The number of aryl methyl sites for hydroxylation is 1. The third-order valence-electron chi connectivity index (χ3n) is 3.88. The number of anilines is 1. The Morgan fingerprint density at radius 2 is 2.04 bits per heavy atom. The van der Waals surface area contributed by atoms with E-state index in [1.54, 1.807) is 18.2 Å². The highest BCUT2D eigenvalue weighted by Crippen LogP contribution is 2.28. The van der Waals surface area contributed by atoms with Gasteiger partial charge in [-0.25, -0.2) is 0 Å². The van der Waals surface area contributed by atoms with Crippen molar-refractivity contribution in [3.63, 3.8) is 0 Å². The number of fused-ring (bicyclic) bond motifs is 1. The van der Waals surface area contributed by atoms with Crippen LogP contribution in [0.5, 0.6) is 5.75 Å². The maximum atomic E-state index is 12.4. The third-order valence-corrected chi connectivity index (χ3v) is 3.88. The van der Waals surface area contributed by atoms with Gasteiger partial charge in [0, 0.05) is 5.56 Å². The number of ether oxygens (including phenoxy) is 1. The van der Waals surface area contributed by atoms with Crippen LogP contribution in [0.3, 0.4) is 0 Å². The van der Waals surface area contributed by atoms with Crippen molar-refractivity contribution in [3.8, 4) is 5.75 Å². The van der Waals surface area contributed by atoms with Crippen molar-refractivity contribution in [3.05, 3.63) is 59.2 Å². The zero-order valence-corrected chi connectivity index (χ0v) is 13.1. The topological polar surface area (TPSA) is 67.4 Å². The van der Waals surface area contributed by atoms with E-state index in [2.05, 4.69) is 10.6 Å². The number of nitrogens with one attached hydrogen (secondary N) is 2. The minimum absolute atomic E-state index is 0.0301. The predicted octanol–water partition coefficient (Wildman–Crippen LogP) is 2.82. The molecule has 5 nitrogen and oxygen atoms in total. The van der Waals surface area contributed by atoms with Crippen LogP contribution in [0.4, 0.5) is 5.69 Å². The molecule has 1 heterocycles. The Morgan fingerprint density at radius 1 is 1.26 bits per heavy atom. The fraction of sp³-hybridized carbons (Fsp3) is 0.222. The standard InChI is InChI=1S/C18H18N2O3/c1-11-5-3-4-6-14(11)12(2)19-18(22)13-7-8-15-16(9-13)23-10-17(21)20-15/h3-9,12H,10H2,1-2H3,(H,19,22)(H,20,21)/t12-/m1/s1. The second-order valence-electron chi connectivity index (χ2n) is 5.60. The first-order valence-electron chi connectivity index (χ1n) is 7.47. The number of amides is 2. The van der Waals surface area contributed by atoms with E-state index >= 15 is 0 Å². The zero-order valence-electron chi connectivity index (χ0n) is 13.1. The molecule has 1 aliphatic heterocycles. The molecule has 2 N–H and O–H groups in total. The number of rotatable bonds is 3. The lowest BCUT2D eigenvalue weighted by Gasteiger charge is -2.20. The molecule has 2 amide bonds. The summed E-state index contributed by atoms with van der Waals surface area (Å²) in [5, 5.41) is 5.69. The van der Waals surface area contributed by atoms with Gasteiger partial charge in [0.15, 0.2) is 6.61 Å². The van der Waals surface area contributed by atoms with Gasteiger partial charge in [0.1, 0.15) is 5.75 Å². The largest absolute Gasteiger partial charge is 0.482 e. The normalized spacial score (nSPS) is 14.3. The van der Waals surface area contributed by atoms with Gasteiger partial charge in [0.05, 0.1) is 11.7 Å². The maximum Gasteiger partial charge on any atom is 0.262 e. The molecule has 5 heteroatoms. The van der Waals surface area contributed by atoms with E-state index in [0.717, 1.165) is 11.1 Å². The summed E-state index contributed by atoms with van der Waals surface area (Å²) < 4.78 is 5.34. The number of carbonyl (C=O) groups excluding carboxylic acids is 2. The van der Waals surface area contributed by atoms with Gasteiger partial charge >= 0.3 is 0 Å². The highest BCUT2D eigenvalue weighted by Gasteiger charge is 2.19. The van der Waals surface area contributed by atoms with Gasteiger partial charge in [-0.15, -0.1) is 0 Å². The van der Waals surface area contributed by atoms with Crippen molar-refractivity contribution in [2.45, 2.75) is 19.9 Å². The van der Waals surface area contributed by atoms with Crippen molar-refractivity contribution >= 4 is 17.5 Å². The monoisotopic (exact) mass is 310 g/mol. The number of carbonyl (C=O) groups is 2. The number of hydrogen-bond donors (Lipinski definition) is 2. The quantitative estimate of drug-likeness (QED) is 0.916. The summed E-state index contributed by atoms with van der Waals surface area (Å²) in [6, 6.07) is 12.9. The average molecular weight is 310 g/mol. The van der Waals surface area contributed by atoms with E-state index in [1.807, 2.05) is 38.1 Å². The Labute approximate surface area is 134 Å². The molecule has 0 saturated carbocycles.